The Balaban J connectivity index is 1.90. The number of aliphatic hydroxyl groups excluding tert-OH is 1. The van der Waals surface area contributed by atoms with E-state index >= 15 is 0 Å². The summed E-state index contributed by atoms with van der Waals surface area (Å²) in [4.78, 5) is 4.29. The summed E-state index contributed by atoms with van der Waals surface area (Å²) in [7, 11) is 0. The number of hydrogen-bond donors (Lipinski definition) is 1. The Kier molecular flexibility index (Phi) is 9.10. The lowest BCUT2D eigenvalue weighted by atomic mass is 10.1. The number of anilines is 1. The zero-order valence-corrected chi connectivity index (χ0v) is 18.9. The van der Waals surface area contributed by atoms with E-state index < -0.39 is 6.10 Å². The summed E-state index contributed by atoms with van der Waals surface area (Å²) in [6.07, 6.45) is 2.68. The highest BCUT2D eigenvalue weighted by Gasteiger charge is 2.25. The van der Waals surface area contributed by atoms with E-state index in [1.54, 1.807) is 12.3 Å². The highest BCUT2D eigenvalue weighted by molar-refractivity contribution is 5.68. The van der Waals surface area contributed by atoms with Crippen molar-refractivity contribution in [3.8, 4) is 11.3 Å². The third-order valence-corrected chi connectivity index (χ3v) is 5.22. The van der Waals surface area contributed by atoms with Gasteiger partial charge in [-0.1, -0.05) is 41.6 Å². The van der Waals surface area contributed by atoms with Crippen molar-refractivity contribution >= 4 is 5.88 Å². The number of ether oxygens (including phenoxy) is 1. The van der Waals surface area contributed by atoms with Crippen molar-refractivity contribution in [2.45, 2.75) is 33.0 Å². The lowest BCUT2D eigenvalue weighted by molar-refractivity contribution is 0.0216. The van der Waals surface area contributed by atoms with Crippen LogP contribution in [0.3, 0.4) is 0 Å². The molecular formula is C25H33N3O4. The van der Waals surface area contributed by atoms with Crippen LogP contribution < -0.4 is 4.90 Å². The van der Waals surface area contributed by atoms with Crippen molar-refractivity contribution < 1.29 is 18.8 Å². The molecule has 0 radical (unpaired) electrons. The standard InChI is InChI=1S/C25H33N3O4/c1-4-14-30-19-21(29)16-27(17-22-13-10-15-31-22)18-23-24(20-11-8-7-9-12-20)26-32-25(23)28(5-2)6-3/h4,7-13,15,21,29H,1,5-6,14,16-19H2,2-3H3/t21-/m0/s1. The second-order valence-electron chi connectivity index (χ2n) is 7.58. The zero-order valence-electron chi connectivity index (χ0n) is 18.9. The smallest absolute Gasteiger partial charge is 0.232 e. The van der Waals surface area contributed by atoms with Crippen LogP contribution in [0.15, 0.2) is 70.3 Å². The fourth-order valence-electron chi connectivity index (χ4n) is 3.69. The van der Waals surface area contributed by atoms with Gasteiger partial charge in [0.25, 0.3) is 0 Å². The van der Waals surface area contributed by atoms with Crippen LogP contribution in [0.5, 0.6) is 0 Å². The van der Waals surface area contributed by atoms with E-state index in [9.17, 15) is 5.11 Å². The molecule has 0 saturated heterocycles. The molecule has 1 aromatic carbocycles. The van der Waals surface area contributed by atoms with Crippen LogP contribution in [-0.4, -0.2) is 54.1 Å². The monoisotopic (exact) mass is 439 g/mol. The summed E-state index contributed by atoms with van der Waals surface area (Å²) in [5.74, 6) is 1.59. The van der Waals surface area contributed by atoms with Crippen LogP contribution in [0, 0.1) is 0 Å². The van der Waals surface area contributed by atoms with E-state index in [0.29, 0.717) is 26.2 Å². The molecule has 7 nitrogen and oxygen atoms in total. The second-order valence-corrected chi connectivity index (χ2v) is 7.58. The number of rotatable bonds is 14. The SMILES string of the molecule is C=CCOC[C@@H](O)CN(Cc1ccco1)Cc1c(-c2ccccc2)noc1N(CC)CC. The van der Waals surface area contributed by atoms with E-state index in [0.717, 1.165) is 41.6 Å². The Morgan fingerprint density at radius 3 is 2.56 bits per heavy atom. The molecule has 3 aromatic rings. The van der Waals surface area contributed by atoms with E-state index in [2.05, 4.69) is 35.4 Å². The summed E-state index contributed by atoms with van der Waals surface area (Å²) in [5, 5.41) is 15.0. The molecule has 3 rings (SSSR count). The van der Waals surface area contributed by atoms with Crippen molar-refractivity contribution in [3.05, 3.63) is 72.7 Å². The molecule has 1 atom stereocenters. The molecule has 0 fully saturated rings. The quantitative estimate of drug-likeness (QED) is 0.296. The Bertz CT molecular complexity index is 920. The predicted molar refractivity (Wildman–Crippen MR) is 125 cm³/mol. The van der Waals surface area contributed by atoms with Crippen LogP contribution in [0.25, 0.3) is 11.3 Å². The molecule has 0 aliphatic rings. The number of furan rings is 1. The topological polar surface area (TPSA) is 75.1 Å². The van der Waals surface area contributed by atoms with Crippen LogP contribution >= 0.6 is 0 Å². The third-order valence-electron chi connectivity index (χ3n) is 5.22. The molecule has 0 aliphatic heterocycles. The first-order valence-electron chi connectivity index (χ1n) is 11.1. The van der Waals surface area contributed by atoms with E-state index in [4.69, 9.17) is 13.7 Å². The molecule has 0 amide bonds. The first kappa shape index (κ1) is 23.8. The van der Waals surface area contributed by atoms with Crippen LogP contribution in [0.1, 0.15) is 25.2 Å². The summed E-state index contributed by atoms with van der Waals surface area (Å²) in [5.41, 5.74) is 2.80. The van der Waals surface area contributed by atoms with Gasteiger partial charge in [0.05, 0.1) is 37.7 Å². The average molecular weight is 440 g/mol. The minimum Gasteiger partial charge on any atom is -0.468 e. The minimum atomic E-state index is -0.651. The van der Waals surface area contributed by atoms with E-state index in [-0.39, 0.29) is 6.61 Å². The van der Waals surface area contributed by atoms with Gasteiger partial charge in [0.1, 0.15) is 11.5 Å². The number of aromatic nitrogens is 1. The Morgan fingerprint density at radius 1 is 1.12 bits per heavy atom. The molecule has 7 heteroatoms. The molecule has 2 heterocycles. The fraction of sp³-hybridized carbons (Fsp3) is 0.400. The van der Waals surface area contributed by atoms with Gasteiger partial charge < -0.3 is 23.7 Å². The fourth-order valence-corrected chi connectivity index (χ4v) is 3.69. The number of aliphatic hydroxyl groups is 1. The maximum atomic E-state index is 10.6. The molecule has 2 aromatic heterocycles. The first-order valence-corrected chi connectivity index (χ1v) is 11.1. The predicted octanol–water partition coefficient (Wildman–Crippen LogP) is 4.35. The molecule has 0 aliphatic carbocycles. The lowest BCUT2D eigenvalue weighted by Crippen LogP contribution is -2.35. The highest BCUT2D eigenvalue weighted by Crippen LogP contribution is 2.32. The highest BCUT2D eigenvalue weighted by atomic mass is 16.5. The number of benzene rings is 1. The van der Waals surface area contributed by atoms with Crippen LogP contribution in [0.4, 0.5) is 5.88 Å². The second kappa shape index (κ2) is 12.2. The average Bonchev–Trinajstić information content (AvgIpc) is 3.46. The van der Waals surface area contributed by atoms with Crippen LogP contribution in [0.2, 0.25) is 0 Å². The van der Waals surface area contributed by atoms with Gasteiger partial charge in [0.15, 0.2) is 0 Å². The third kappa shape index (κ3) is 6.32. The van der Waals surface area contributed by atoms with Gasteiger partial charge in [-0.15, -0.1) is 6.58 Å². The molecular weight excluding hydrogens is 406 g/mol. The first-order chi connectivity index (χ1) is 15.7. The van der Waals surface area contributed by atoms with E-state index in [1.807, 2.05) is 42.5 Å². The molecule has 0 bridgehead atoms. The van der Waals surface area contributed by atoms with Gasteiger partial charge in [-0.25, -0.2) is 0 Å². The van der Waals surface area contributed by atoms with Gasteiger partial charge in [-0.2, -0.15) is 0 Å². The summed E-state index contributed by atoms with van der Waals surface area (Å²) < 4.78 is 16.9. The number of hydrogen-bond acceptors (Lipinski definition) is 7. The van der Waals surface area contributed by atoms with Crippen molar-refractivity contribution in [2.24, 2.45) is 0 Å². The Morgan fingerprint density at radius 2 is 1.91 bits per heavy atom. The largest absolute Gasteiger partial charge is 0.468 e. The molecule has 0 unspecified atom stereocenters. The molecule has 172 valence electrons. The normalized spacial score (nSPS) is 12.2. The number of nitrogens with zero attached hydrogens (tertiary/aromatic N) is 3. The van der Waals surface area contributed by atoms with Gasteiger partial charge in [-0.05, 0) is 26.0 Å². The summed E-state index contributed by atoms with van der Waals surface area (Å²) >= 11 is 0. The molecule has 1 N–H and O–H groups in total. The minimum absolute atomic E-state index is 0.235. The van der Waals surface area contributed by atoms with Gasteiger partial charge in [0, 0.05) is 31.7 Å². The maximum absolute atomic E-state index is 10.6. The molecule has 0 spiro atoms. The van der Waals surface area contributed by atoms with Crippen molar-refractivity contribution in [1.29, 1.82) is 0 Å². The van der Waals surface area contributed by atoms with Crippen molar-refractivity contribution in [2.75, 3.05) is 37.7 Å². The lowest BCUT2D eigenvalue weighted by Gasteiger charge is -2.26. The van der Waals surface area contributed by atoms with Gasteiger partial charge in [-0.3, -0.25) is 4.90 Å². The van der Waals surface area contributed by atoms with Crippen LogP contribution in [-0.2, 0) is 17.8 Å². The molecule has 0 saturated carbocycles. The summed E-state index contributed by atoms with van der Waals surface area (Å²) in [6.45, 7) is 11.6. The molecule has 32 heavy (non-hydrogen) atoms. The van der Waals surface area contributed by atoms with Crippen molar-refractivity contribution in [1.82, 2.24) is 10.1 Å². The summed E-state index contributed by atoms with van der Waals surface area (Å²) in [6, 6.07) is 13.8. The maximum Gasteiger partial charge on any atom is 0.232 e. The van der Waals surface area contributed by atoms with Gasteiger partial charge in [0.2, 0.25) is 5.88 Å². The Hall–Kier alpha value is -2.87. The van der Waals surface area contributed by atoms with Gasteiger partial charge >= 0.3 is 0 Å². The Labute approximate surface area is 189 Å². The van der Waals surface area contributed by atoms with Crippen molar-refractivity contribution in [3.63, 3.8) is 0 Å². The van der Waals surface area contributed by atoms with E-state index in [1.165, 1.54) is 0 Å². The zero-order chi connectivity index (χ0) is 22.8.